The Bertz CT molecular complexity index is 724. The third-order valence-electron chi connectivity index (χ3n) is 3.13. The second kappa shape index (κ2) is 13.2. The van der Waals surface area contributed by atoms with Crippen LogP contribution in [0, 0.1) is 6.92 Å². The molecule has 26 heavy (non-hydrogen) atoms. The molecule has 1 amide bonds. The van der Waals surface area contributed by atoms with Gasteiger partial charge in [0.1, 0.15) is 0 Å². The van der Waals surface area contributed by atoms with Gasteiger partial charge in [0.15, 0.2) is 0 Å². The van der Waals surface area contributed by atoms with Gasteiger partial charge in [0, 0.05) is 34.5 Å². The molecule has 3 nitrogen and oxygen atoms in total. The second-order valence-corrected chi connectivity index (χ2v) is 5.92. The molecule has 0 saturated carbocycles. The van der Waals surface area contributed by atoms with Crippen LogP contribution < -0.4 is 0 Å². The van der Waals surface area contributed by atoms with Crippen LogP contribution >= 0.6 is 11.6 Å². The monoisotopic (exact) mass is 374 g/mol. The van der Waals surface area contributed by atoms with Gasteiger partial charge in [-0.15, -0.1) is 0 Å². The van der Waals surface area contributed by atoms with E-state index in [1.165, 1.54) is 13.3 Å². The van der Waals surface area contributed by atoms with Crippen molar-refractivity contribution in [2.24, 2.45) is 4.99 Å². The molecule has 0 fully saturated rings. The summed E-state index contributed by atoms with van der Waals surface area (Å²) >= 11 is 6.04. The van der Waals surface area contributed by atoms with E-state index in [1.807, 2.05) is 45.0 Å². The predicted molar refractivity (Wildman–Crippen MR) is 113 cm³/mol. The number of benzene rings is 1. The Kier molecular flexibility index (Phi) is 12.2. The van der Waals surface area contributed by atoms with Crippen LogP contribution in [0.5, 0.6) is 0 Å². The third-order valence-corrected chi connectivity index (χ3v) is 3.36. The maximum Gasteiger partial charge on any atom is 0.243 e. The van der Waals surface area contributed by atoms with E-state index in [1.54, 1.807) is 12.1 Å². The number of nitrogens with zero attached hydrogens (tertiary/aromatic N) is 2. The molecule has 1 aromatic heterocycles. The molecule has 1 aromatic carbocycles. The summed E-state index contributed by atoms with van der Waals surface area (Å²) in [6, 6.07) is 11.3. The number of aliphatic imine (C=N–C) groups is 1. The van der Waals surface area contributed by atoms with Gasteiger partial charge in [0.25, 0.3) is 0 Å². The van der Waals surface area contributed by atoms with Crippen molar-refractivity contribution in [3.8, 4) is 0 Å². The SMILES string of the molecule is CC.CCC.CCc1ccc(C(=NC(C)=O)c2cccc(Cl)c2)c(C)n1. The Hall–Kier alpha value is -2.00. The Balaban J connectivity index is 0.00000113. The van der Waals surface area contributed by atoms with Gasteiger partial charge < -0.3 is 0 Å². The molecule has 0 aliphatic carbocycles. The van der Waals surface area contributed by atoms with Gasteiger partial charge in [-0.05, 0) is 37.6 Å². The fourth-order valence-electron chi connectivity index (χ4n) is 2.13. The molecule has 0 N–H and O–H groups in total. The zero-order valence-corrected chi connectivity index (χ0v) is 17.8. The van der Waals surface area contributed by atoms with Crippen molar-refractivity contribution in [2.75, 3.05) is 0 Å². The van der Waals surface area contributed by atoms with E-state index in [9.17, 15) is 4.79 Å². The van der Waals surface area contributed by atoms with E-state index in [0.29, 0.717) is 10.7 Å². The van der Waals surface area contributed by atoms with E-state index in [0.717, 1.165) is 28.9 Å². The lowest BCUT2D eigenvalue weighted by atomic mass is 10.0. The highest BCUT2D eigenvalue weighted by molar-refractivity contribution is 6.31. The maximum absolute atomic E-state index is 11.5. The molecule has 4 heteroatoms. The Morgan fingerprint density at radius 3 is 2.19 bits per heavy atom. The van der Waals surface area contributed by atoms with Gasteiger partial charge >= 0.3 is 0 Å². The molecule has 2 aromatic rings. The van der Waals surface area contributed by atoms with Crippen LogP contribution in [0.1, 0.15) is 70.5 Å². The number of aryl methyl sites for hydroxylation is 2. The van der Waals surface area contributed by atoms with Crippen LogP contribution in [0.4, 0.5) is 0 Å². The molecule has 2 rings (SSSR count). The minimum atomic E-state index is -0.246. The van der Waals surface area contributed by atoms with Crippen molar-refractivity contribution in [3.63, 3.8) is 0 Å². The van der Waals surface area contributed by atoms with Gasteiger partial charge in [-0.3, -0.25) is 9.78 Å². The number of pyridine rings is 1. The molecule has 0 saturated heterocycles. The normalized spacial score (nSPS) is 10.2. The van der Waals surface area contributed by atoms with Gasteiger partial charge in [-0.25, -0.2) is 4.99 Å². The summed E-state index contributed by atoms with van der Waals surface area (Å²) < 4.78 is 0. The van der Waals surface area contributed by atoms with E-state index >= 15 is 0 Å². The van der Waals surface area contributed by atoms with Crippen LogP contribution in [-0.4, -0.2) is 16.6 Å². The van der Waals surface area contributed by atoms with Crippen molar-refractivity contribution in [1.82, 2.24) is 4.98 Å². The van der Waals surface area contributed by atoms with Crippen LogP contribution in [-0.2, 0) is 11.2 Å². The molecule has 142 valence electrons. The Morgan fingerprint density at radius 2 is 1.73 bits per heavy atom. The lowest BCUT2D eigenvalue weighted by molar-refractivity contribution is -0.115. The lowest BCUT2D eigenvalue weighted by Crippen LogP contribution is -2.10. The minimum absolute atomic E-state index is 0.246. The molecule has 0 unspecified atom stereocenters. The van der Waals surface area contributed by atoms with Crippen molar-refractivity contribution in [1.29, 1.82) is 0 Å². The van der Waals surface area contributed by atoms with E-state index in [2.05, 4.69) is 30.7 Å². The highest BCUT2D eigenvalue weighted by Crippen LogP contribution is 2.18. The predicted octanol–water partition coefficient (Wildman–Crippen LogP) is 6.43. The van der Waals surface area contributed by atoms with Gasteiger partial charge in [-0.1, -0.05) is 64.8 Å². The largest absolute Gasteiger partial charge is 0.273 e. The first kappa shape index (κ1) is 24.0. The Morgan fingerprint density at radius 1 is 1.12 bits per heavy atom. The molecular weight excluding hydrogens is 344 g/mol. The average Bonchev–Trinajstić information content (AvgIpc) is 2.62. The highest BCUT2D eigenvalue weighted by Gasteiger charge is 2.12. The first-order valence-corrected chi connectivity index (χ1v) is 9.62. The molecule has 0 bridgehead atoms. The molecular formula is C22H31ClN2O. The summed E-state index contributed by atoms with van der Waals surface area (Å²) in [6.07, 6.45) is 2.12. The molecule has 0 aliphatic heterocycles. The van der Waals surface area contributed by atoms with Crippen molar-refractivity contribution < 1.29 is 4.79 Å². The lowest BCUT2D eigenvalue weighted by Gasteiger charge is -2.10. The summed E-state index contributed by atoms with van der Waals surface area (Å²) in [7, 11) is 0. The first-order chi connectivity index (χ1) is 12.4. The topological polar surface area (TPSA) is 42.3 Å². The summed E-state index contributed by atoms with van der Waals surface area (Å²) in [5.74, 6) is -0.246. The molecule has 0 spiro atoms. The number of amides is 1. The summed E-state index contributed by atoms with van der Waals surface area (Å²) in [4.78, 5) is 20.2. The smallest absolute Gasteiger partial charge is 0.243 e. The fraction of sp³-hybridized carbons (Fsp3) is 0.409. The van der Waals surface area contributed by atoms with E-state index in [-0.39, 0.29) is 5.91 Å². The van der Waals surface area contributed by atoms with Crippen LogP contribution in [0.15, 0.2) is 41.4 Å². The number of halogens is 1. The zero-order valence-electron chi connectivity index (χ0n) is 17.1. The van der Waals surface area contributed by atoms with E-state index < -0.39 is 0 Å². The molecule has 0 radical (unpaired) electrons. The standard InChI is InChI=1S/C17H17ClN2O.C3H8.C2H6/c1-4-15-8-9-16(11(2)19-15)17(20-12(3)21)13-6-5-7-14(18)10-13;1-3-2;1-2/h5-10H,4H2,1-3H3;3H2,1-2H3;1-2H3. The fourth-order valence-corrected chi connectivity index (χ4v) is 2.32. The van der Waals surface area contributed by atoms with E-state index in [4.69, 9.17) is 11.6 Å². The summed E-state index contributed by atoms with van der Waals surface area (Å²) in [5.41, 5.74) is 4.15. The first-order valence-electron chi connectivity index (χ1n) is 9.24. The zero-order chi connectivity index (χ0) is 20.1. The van der Waals surface area contributed by atoms with Crippen molar-refractivity contribution in [3.05, 3.63) is 63.9 Å². The number of hydrogen-bond donors (Lipinski definition) is 0. The Labute approximate surface area is 163 Å². The third kappa shape index (κ3) is 7.92. The quantitative estimate of drug-likeness (QED) is 0.580. The second-order valence-electron chi connectivity index (χ2n) is 5.49. The minimum Gasteiger partial charge on any atom is -0.273 e. The van der Waals surface area contributed by atoms with Gasteiger partial charge in [0.05, 0.1) is 5.71 Å². The number of aromatic nitrogens is 1. The number of rotatable bonds is 3. The van der Waals surface area contributed by atoms with Gasteiger partial charge in [-0.2, -0.15) is 0 Å². The van der Waals surface area contributed by atoms with Crippen LogP contribution in [0.3, 0.4) is 0 Å². The highest BCUT2D eigenvalue weighted by atomic mass is 35.5. The summed E-state index contributed by atoms with van der Waals surface area (Å²) in [5, 5.41) is 0.611. The number of carbonyl (C=O) groups excluding carboxylic acids is 1. The number of carbonyl (C=O) groups is 1. The molecule has 0 aliphatic rings. The average molecular weight is 375 g/mol. The van der Waals surface area contributed by atoms with Crippen LogP contribution in [0.25, 0.3) is 0 Å². The molecule has 1 heterocycles. The van der Waals surface area contributed by atoms with Gasteiger partial charge in [0.2, 0.25) is 5.91 Å². The molecule has 0 atom stereocenters. The van der Waals surface area contributed by atoms with Crippen LogP contribution in [0.2, 0.25) is 5.02 Å². The summed E-state index contributed by atoms with van der Waals surface area (Å²) in [6.45, 7) is 13.7. The maximum atomic E-state index is 11.5. The van der Waals surface area contributed by atoms with Crippen molar-refractivity contribution >= 4 is 23.2 Å². The number of hydrogen-bond acceptors (Lipinski definition) is 2. The van der Waals surface area contributed by atoms with Crippen molar-refractivity contribution in [2.45, 2.75) is 61.3 Å².